The maximum atomic E-state index is 11.9. The van der Waals surface area contributed by atoms with Crippen molar-refractivity contribution in [3.8, 4) is 17.1 Å². The maximum absolute atomic E-state index is 11.9. The van der Waals surface area contributed by atoms with Gasteiger partial charge in [-0.1, -0.05) is 37.6 Å². The summed E-state index contributed by atoms with van der Waals surface area (Å²) in [4.78, 5) is 19.0. The molecule has 0 unspecified atom stereocenters. The molecule has 176 valence electrons. The highest BCUT2D eigenvalue weighted by Crippen LogP contribution is 2.26. The molecule has 1 fully saturated rings. The molecule has 0 saturated carbocycles. The van der Waals surface area contributed by atoms with E-state index in [4.69, 9.17) is 25.7 Å². The zero-order valence-electron chi connectivity index (χ0n) is 19.7. The summed E-state index contributed by atoms with van der Waals surface area (Å²) in [5, 5.41) is 9.58. The normalized spacial score (nSPS) is 14.6. The molecule has 0 spiro atoms. The van der Waals surface area contributed by atoms with E-state index in [1.807, 2.05) is 48.8 Å². The second-order valence-corrected chi connectivity index (χ2v) is 9.42. The first-order chi connectivity index (χ1) is 16.3. The number of fused-ring (bicyclic) bond motifs is 1. The molecule has 4 aromatic rings. The fraction of sp³-hybridized carbons (Fsp3) is 0.360. The average molecular weight is 460 g/mol. The first-order valence-corrected chi connectivity index (χ1v) is 11.5. The summed E-state index contributed by atoms with van der Waals surface area (Å²) in [6, 6.07) is 14.2. The van der Waals surface area contributed by atoms with E-state index in [2.05, 4.69) is 30.0 Å². The van der Waals surface area contributed by atoms with Gasteiger partial charge in [0.25, 0.3) is 0 Å². The average Bonchev–Trinajstić information content (AvgIpc) is 3.45. The Bertz CT molecular complexity index is 1350. The molecule has 5 rings (SSSR count). The van der Waals surface area contributed by atoms with E-state index in [0.717, 1.165) is 35.9 Å². The van der Waals surface area contributed by atoms with Crippen LogP contribution in [0.1, 0.15) is 25.1 Å². The first-order valence-electron chi connectivity index (χ1n) is 11.5. The van der Waals surface area contributed by atoms with Crippen molar-refractivity contribution < 1.29 is 9.53 Å². The zero-order chi connectivity index (χ0) is 23.9. The van der Waals surface area contributed by atoms with Gasteiger partial charge in [-0.3, -0.25) is 4.79 Å². The van der Waals surface area contributed by atoms with Crippen molar-refractivity contribution in [2.75, 3.05) is 31.2 Å². The lowest BCUT2D eigenvalue weighted by atomic mass is 9.87. The van der Waals surface area contributed by atoms with Crippen LogP contribution in [-0.2, 0) is 16.0 Å². The van der Waals surface area contributed by atoms with Gasteiger partial charge in [-0.2, -0.15) is 14.7 Å². The molecule has 3 aromatic heterocycles. The summed E-state index contributed by atoms with van der Waals surface area (Å²) in [7, 11) is 0. The Morgan fingerprint density at radius 2 is 1.91 bits per heavy atom. The highest BCUT2D eigenvalue weighted by molar-refractivity contribution is 5.80. The zero-order valence-corrected chi connectivity index (χ0v) is 19.7. The molecule has 9 heteroatoms. The molecule has 4 heterocycles. The quantitative estimate of drug-likeness (QED) is 0.476. The van der Waals surface area contributed by atoms with E-state index in [1.165, 1.54) is 5.56 Å². The number of nitrogens with zero attached hydrogens (tertiary/aromatic N) is 6. The van der Waals surface area contributed by atoms with Crippen LogP contribution < -0.4 is 10.6 Å². The molecule has 2 N–H and O–H groups in total. The minimum atomic E-state index is -0.704. The highest BCUT2D eigenvalue weighted by Gasteiger charge is 2.27. The fourth-order valence-corrected chi connectivity index (χ4v) is 4.16. The van der Waals surface area contributed by atoms with Crippen molar-refractivity contribution in [1.29, 1.82) is 0 Å². The van der Waals surface area contributed by atoms with Crippen LogP contribution in [0, 0.1) is 12.3 Å². The number of aromatic nitrogens is 5. The first kappa shape index (κ1) is 22.1. The second kappa shape index (κ2) is 8.57. The number of rotatable bonds is 6. The number of carbonyl (C=O) groups excluding carboxylic acids is 1. The molecule has 1 amide bonds. The molecule has 0 atom stereocenters. The van der Waals surface area contributed by atoms with Gasteiger partial charge in [0.1, 0.15) is 5.82 Å². The lowest BCUT2D eigenvalue weighted by molar-refractivity contribution is -0.125. The van der Waals surface area contributed by atoms with Gasteiger partial charge in [0.15, 0.2) is 11.5 Å². The summed E-state index contributed by atoms with van der Waals surface area (Å²) < 4.78 is 9.18. The Morgan fingerprint density at radius 3 is 2.65 bits per heavy atom. The van der Waals surface area contributed by atoms with Crippen LogP contribution in [0.3, 0.4) is 0 Å². The number of ether oxygens (including phenoxy) is 1. The van der Waals surface area contributed by atoms with Gasteiger partial charge in [0, 0.05) is 48.8 Å². The Labute approximate surface area is 198 Å². The summed E-state index contributed by atoms with van der Waals surface area (Å²) in [6.07, 6.45) is 2.36. The van der Waals surface area contributed by atoms with E-state index in [-0.39, 0.29) is 5.91 Å². The van der Waals surface area contributed by atoms with Crippen LogP contribution in [0.2, 0.25) is 0 Å². The number of amides is 1. The predicted octanol–water partition coefficient (Wildman–Crippen LogP) is 2.78. The highest BCUT2D eigenvalue weighted by atomic mass is 16.5. The number of hydrogen-bond acceptors (Lipinski definition) is 6. The molecule has 1 aromatic carbocycles. The van der Waals surface area contributed by atoms with Gasteiger partial charge in [0.05, 0.1) is 24.6 Å². The van der Waals surface area contributed by atoms with E-state index < -0.39 is 5.41 Å². The molecule has 9 nitrogen and oxygen atoms in total. The van der Waals surface area contributed by atoms with Crippen LogP contribution >= 0.6 is 0 Å². The number of aryl methyl sites for hydroxylation is 1. The number of primary amides is 1. The van der Waals surface area contributed by atoms with Crippen molar-refractivity contribution in [2.45, 2.75) is 27.2 Å². The molecule has 1 aliphatic heterocycles. The molecule has 1 saturated heterocycles. The van der Waals surface area contributed by atoms with Crippen molar-refractivity contribution in [3.63, 3.8) is 0 Å². The van der Waals surface area contributed by atoms with Crippen molar-refractivity contribution in [1.82, 2.24) is 24.4 Å². The van der Waals surface area contributed by atoms with Crippen LogP contribution in [0.4, 0.5) is 5.82 Å². The lowest BCUT2D eigenvalue weighted by Gasteiger charge is -2.29. The molecular formula is C25H29N7O2. The number of carbonyl (C=O) groups is 1. The Morgan fingerprint density at radius 1 is 1.12 bits per heavy atom. The topological polar surface area (TPSA) is 104 Å². The van der Waals surface area contributed by atoms with Gasteiger partial charge in [-0.15, -0.1) is 0 Å². The number of morpholine rings is 1. The van der Waals surface area contributed by atoms with Gasteiger partial charge >= 0.3 is 0 Å². The molecule has 1 aliphatic rings. The standard InChI is InChI=1S/C25H29N7O2/c1-17-5-4-6-18(13-17)20-7-8-31(29-20)21-15-23(30-9-11-34-12-10-30)32-22(27-21)14-19(28-32)16-25(2,3)24(26)33/h4-8,13-15H,9-12,16H2,1-3H3,(H2,26,33). The van der Waals surface area contributed by atoms with Gasteiger partial charge in [-0.25, -0.2) is 9.67 Å². The summed E-state index contributed by atoms with van der Waals surface area (Å²) in [5.74, 6) is 1.26. The van der Waals surface area contributed by atoms with Gasteiger partial charge in [-0.05, 0) is 19.1 Å². The minimum Gasteiger partial charge on any atom is -0.378 e. The lowest BCUT2D eigenvalue weighted by Crippen LogP contribution is -2.37. The molecule has 0 radical (unpaired) electrons. The molecular weight excluding hydrogens is 430 g/mol. The summed E-state index contributed by atoms with van der Waals surface area (Å²) in [6.45, 7) is 8.56. The SMILES string of the molecule is Cc1cccc(-c2ccn(-c3cc(N4CCOCC4)n4nc(CC(C)(C)C(N)=O)cc4n3)n2)c1. The number of hydrogen-bond donors (Lipinski definition) is 1. The minimum absolute atomic E-state index is 0.355. The van der Waals surface area contributed by atoms with Crippen LogP contribution in [0.15, 0.2) is 48.7 Å². The van der Waals surface area contributed by atoms with Gasteiger partial charge in [0.2, 0.25) is 5.91 Å². The number of anilines is 1. The Hall–Kier alpha value is -3.72. The second-order valence-electron chi connectivity index (χ2n) is 9.42. The Kier molecular flexibility index (Phi) is 5.57. The number of benzene rings is 1. The van der Waals surface area contributed by atoms with Gasteiger partial charge < -0.3 is 15.4 Å². The van der Waals surface area contributed by atoms with Crippen LogP contribution in [0.25, 0.3) is 22.7 Å². The van der Waals surface area contributed by atoms with Crippen molar-refractivity contribution in [3.05, 3.63) is 59.9 Å². The molecule has 34 heavy (non-hydrogen) atoms. The van der Waals surface area contributed by atoms with Crippen LogP contribution in [0.5, 0.6) is 0 Å². The predicted molar refractivity (Wildman–Crippen MR) is 130 cm³/mol. The maximum Gasteiger partial charge on any atom is 0.223 e. The Balaban J connectivity index is 1.58. The summed E-state index contributed by atoms with van der Waals surface area (Å²) >= 11 is 0. The van der Waals surface area contributed by atoms with Crippen molar-refractivity contribution >= 4 is 17.4 Å². The third kappa shape index (κ3) is 4.26. The fourth-order valence-electron chi connectivity index (χ4n) is 4.16. The largest absolute Gasteiger partial charge is 0.378 e. The third-order valence-corrected chi connectivity index (χ3v) is 6.21. The van der Waals surface area contributed by atoms with E-state index in [1.54, 1.807) is 4.68 Å². The van der Waals surface area contributed by atoms with Crippen LogP contribution in [-0.4, -0.2) is 56.6 Å². The molecule has 0 aliphatic carbocycles. The smallest absolute Gasteiger partial charge is 0.223 e. The number of nitrogens with two attached hydrogens (primary N) is 1. The van der Waals surface area contributed by atoms with E-state index >= 15 is 0 Å². The monoisotopic (exact) mass is 459 g/mol. The molecule has 0 bridgehead atoms. The summed E-state index contributed by atoms with van der Waals surface area (Å²) in [5.41, 5.74) is 9.49. The third-order valence-electron chi connectivity index (χ3n) is 6.21. The van der Waals surface area contributed by atoms with E-state index in [9.17, 15) is 4.79 Å². The van der Waals surface area contributed by atoms with Crippen molar-refractivity contribution in [2.24, 2.45) is 11.1 Å². The van der Waals surface area contributed by atoms with E-state index in [0.29, 0.717) is 31.1 Å².